The van der Waals surface area contributed by atoms with E-state index in [1.807, 2.05) is 0 Å². The van der Waals surface area contributed by atoms with Crippen LogP contribution in [0.15, 0.2) is 24.3 Å². The van der Waals surface area contributed by atoms with E-state index in [1.165, 1.54) is 13.5 Å². The van der Waals surface area contributed by atoms with Crippen LogP contribution in [0.4, 0.5) is 0 Å². The van der Waals surface area contributed by atoms with Gasteiger partial charge in [-0.1, -0.05) is 46.2 Å². The van der Waals surface area contributed by atoms with Crippen molar-refractivity contribution in [2.45, 2.75) is 144 Å². The molecule has 4 aliphatic rings. The van der Waals surface area contributed by atoms with Crippen molar-refractivity contribution in [1.29, 1.82) is 0 Å². The summed E-state index contributed by atoms with van der Waals surface area (Å²) in [5, 5.41) is 25.3. The molecule has 13 atom stereocenters. The molecule has 0 amide bonds. The van der Waals surface area contributed by atoms with Crippen LogP contribution in [-0.4, -0.2) is 60.0 Å². The van der Waals surface area contributed by atoms with E-state index in [-0.39, 0.29) is 54.0 Å². The van der Waals surface area contributed by atoms with E-state index in [9.17, 15) is 24.4 Å². The summed E-state index contributed by atoms with van der Waals surface area (Å²) in [4.78, 5) is 25.2. The van der Waals surface area contributed by atoms with Gasteiger partial charge in [0.05, 0.1) is 18.3 Å². The monoisotopic (exact) mass is 747 g/mol. The lowest BCUT2D eigenvalue weighted by Crippen LogP contribution is -2.62. The molecule has 1 aromatic carbocycles. The Bertz CT molecular complexity index is 1420. The standard InChI is InChI=1S/C41H66NO9P/c1-9-31-35-22-29(43)18-20-41(35,7)34-19-21-40(6)32(15-16-33(40)37(34)38(31)45)26(4)10-17-36(44)49-23-28-11-13-30(14-12-28)51-52(47,24-48-8)42-27(5)39(46)50-25(2)3/h11-14,25-27,29,31-35,37-38,43,45H,9-10,15-24H2,1-8H3,(H,42,47)/t26?,27?,29-,31-,32-,33+,34+,35?,37+,38-,40-,41-,52?/m1/s1. The molecule has 0 saturated heterocycles. The summed E-state index contributed by atoms with van der Waals surface area (Å²) >= 11 is 0. The number of aliphatic hydroxyl groups excluding tert-OH is 2. The molecule has 3 N–H and O–H groups in total. The van der Waals surface area contributed by atoms with Gasteiger partial charge in [-0.25, -0.2) is 5.09 Å². The molecule has 52 heavy (non-hydrogen) atoms. The van der Waals surface area contributed by atoms with E-state index in [0.29, 0.717) is 47.7 Å². The highest BCUT2D eigenvalue weighted by atomic mass is 31.2. The van der Waals surface area contributed by atoms with Crippen molar-refractivity contribution in [3.8, 4) is 5.75 Å². The van der Waals surface area contributed by atoms with Gasteiger partial charge in [0.15, 0.2) is 0 Å². The number of aliphatic hydroxyl groups is 2. The highest BCUT2D eigenvalue weighted by Gasteiger charge is 2.64. The molecule has 0 aliphatic heterocycles. The van der Waals surface area contributed by atoms with E-state index < -0.39 is 19.5 Å². The van der Waals surface area contributed by atoms with Crippen LogP contribution in [0.3, 0.4) is 0 Å². The third-order valence-electron chi connectivity index (χ3n) is 13.9. The Labute approximate surface area is 312 Å². The first-order valence-corrected chi connectivity index (χ1v) is 21.7. The molecule has 0 aromatic heterocycles. The first-order valence-electron chi connectivity index (χ1n) is 19.9. The molecule has 4 fully saturated rings. The van der Waals surface area contributed by atoms with Crippen molar-refractivity contribution in [3.63, 3.8) is 0 Å². The summed E-state index contributed by atoms with van der Waals surface area (Å²) in [6.45, 7) is 14.7. The van der Waals surface area contributed by atoms with Crippen LogP contribution >= 0.6 is 7.52 Å². The van der Waals surface area contributed by atoms with E-state index in [1.54, 1.807) is 45.0 Å². The number of rotatable bonds is 15. The second-order valence-corrected chi connectivity index (χ2v) is 19.5. The number of ether oxygens (including phenoxy) is 3. The van der Waals surface area contributed by atoms with Gasteiger partial charge in [-0.3, -0.25) is 14.2 Å². The Kier molecular flexibility index (Phi) is 13.3. The number of hydrogen-bond acceptors (Lipinski definition) is 9. The Morgan fingerprint density at radius 1 is 0.962 bits per heavy atom. The molecule has 294 valence electrons. The zero-order valence-electron chi connectivity index (χ0n) is 32.8. The molecule has 0 bridgehead atoms. The Morgan fingerprint density at radius 2 is 1.63 bits per heavy atom. The van der Waals surface area contributed by atoms with Crippen molar-refractivity contribution < 1.29 is 43.1 Å². The molecular weight excluding hydrogens is 681 g/mol. The summed E-state index contributed by atoms with van der Waals surface area (Å²) in [6, 6.07) is 5.97. The zero-order valence-corrected chi connectivity index (χ0v) is 33.7. The zero-order chi connectivity index (χ0) is 38.0. The number of nitrogens with one attached hydrogen (secondary N) is 1. The number of carbonyl (C=O) groups is 2. The smallest absolute Gasteiger partial charge is 0.342 e. The number of esters is 2. The molecule has 4 saturated carbocycles. The lowest BCUT2D eigenvalue weighted by atomic mass is 9.41. The first-order chi connectivity index (χ1) is 24.5. The minimum absolute atomic E-state index is 0.124. The van der Waals surface area contributed by atoms with Crippen LogP contribution < -0.4 is 9.61 Å². The molecule has 10 nitrogen and oxygen atoms in total. The minimum atomic E-state index is -3.59. The molecule has 0 spiro atoms. The summed E-state index contributed by atoms with van der Waals surface area (Å²) in [5.74, 6) is 2.44. The van der Waals surface area contributed by atoms with Gasteiger partial charge in [0.25, 0.3) is 0 Å². The average Bonchev–Trinajstić information content (AvgIpc) is 3.44. The van der Waals surface area contributed by atoms with Crippen molar-refractivity contribution in [2.75, 3.05) is 13.5 Å². The van der Waals surface area contributed by atoms with Crippen LogP contribution in [0.25, 0.3) is 0 Å². The van der Waals surface area contributed by atoms with Crippen molar-refractivity contribution in [1.82, 2.24) is 5.09 Å². The predicted octanol–water partition coefficient (Wildman–Crippen LogP) is 7.88. The Balaban J connectivity index is 1.12. The largest absolute Gasteiger partial charge is 0.462 e. The molecule has 4 unspecified atom stereocenters. The molecular formula is C41H66NO9P. The Morgan fingerprint density at radius 3 is 2.29 bits per heavy atom. The van der Waals surface area contributed by atoms with E-state index in [0.717, 1.165) is 56.9 Å². The van der Waals surface area contributed by atoms with Gasteiger partial charge in [0.2, 0.25) is 0 Å². The average molecular weight is 748 g/mol. The van der Waals surface area contributed by atoms with Gasteiger partial charge in [-0.05, 0) is 142 Å². The normalized spacial score (nSPS) is 36.4. The quantitative estimate of drug-likeness (QED) is 0.120. The molecule has 5 rings (SSSR count). The summed E-state index contributed by atoms with van der Waals surface area (Å²) in [7, 11) is -2.18. The topological polar surface area (TPSA) is 141 Å². The maximum atomic E-state index is 13.4. The molecule has 11 heteroatoms. The van der Waals surface area contributed by atoms with E-state index in [4.69, 9.17) is 18.7 Å². The Hall–Kier alpha value is -1.97. The van der Waals surface area contributed by atoms with Crippen LogP contribution in [0.5, 0.6) is 5.75 Å². The number of fused-ring (bicyclic) bond motifs is 5. The highest BCUT2D eigenvalue weighted by molar-refractivity contribution is 7.57. The maximum absolute atomic E-state index is 13.4. The predicted molar refractivity (Wildman–Crippen MR) is 200 cm³/mol. The molecule has 0 heterocycles. The van der Waals surface area contributed by atoms with Crippen LogP contribution in [-0.2, 0) is 35.0 Å². The fraction of sp³-hybridized carbons (Fsp3) is 0.805. The number of methoxy groups -OCH3 is 1. The van der Waals surface area contributed by atoms with Crippen molar-refractivity contribution in [3.05, 3.63) is 29.8 Å². The van der Waals surface area contributed by atoms with Gasteiger partial charge in [0, 0.05) is 13.5 Å². The number of carbonyl (C=O) groups excluding carboxylic acids is 2. The summed E-state index contributed by atoms with van der Waals surface area (Å²) in [6.07, 6.45) is 8.42. The van der Waals surface area contributed by atoms with Crippen LogP contribution in [0.2, 0.25) is 0 Å². The van der Waals surface area contributed by atoms with Crippen LogP contribution in [0, 0.1) is 52.3 Å². The summed E-state index contributed by atoms with van der Waals surface area (Å²) < 4.78 is 35.2. The highest BCUT2D eigenvalue weighted by Crippen LogP contribution is 2.69. The molecule has 1 aromatic rings. The molecule has 0 radical (unpaired) electrons. The lowest BCUT2D eigenvalue weighted by Gasteiger charge is -2.64. The first kappa shape index (κ1) is 41.2. The second kappa shape index (κ2) is 16.8. The SMILES string of the molecule is CC[C@@H]1C2C[C@H](O)CC[C@]2(C)[C@H]2CC[C@]3(C)[C@@H](C(C)CCC(=O)OCc4ccc(OP(=O)(COC)NC(C)C(=O)OC(C)C)cc4)CC[C@H]3[C@@H]2[C@@H]1O. The third kappa shape index (κ3) is 8.62. The fourth-order valence-electron chi connectivity index (χ4n) is 11.5. The summed E-state index contributed by atoms with van der Waals surface area (Å²) in [5.41, 5.74) is 1.13. The number of hydrogen-bond donors (Lipinski definition) is 3. The molecule has 4 aliphatic carbocycles. The second-order valence-electron chi connectivity index (χ2n) is 17.5. The van der Waals surface area contributed by atoms with Gasteiger partial charge in [0.1, 0.15) is 24.7 Å². The van der Waals surface area contributed by atoms with Crippen molar-refractivity contribution >= 4 is 19.5 Å². The lowest BCUT2D eigenvalue weighted by molar-refractivity contribution is -0.203. The van der Waals surface area contributed by atoms with Gasteiger partial charge < -0.3 is 28.9 Å². The van der Waals surface area contributed by atoms with E-state index >= 15 is 0 Å². The number of benzene rings is 1. The van der Waals surface area contributed by atoms with Gasteiger partial charge in [-0.15, -0.1) is 0 Å². The minimum Gasteiger partial charge on any atom is -0.462 e. The van der Waals surface area contributed by atoms with Gasteiger partial charge >= 0.3 is 19.5 Å². The van der Waals surface area contributed by atoms with E-state index in [2.05, 4.69) is 32.8 Å². The van der Waals surface area contributed by atoms with Crippen molar-refractivity contribution in [2.24, 2.45) is 52.3 Å². The fourth-order valence-corrected chi connectivity index (χ4v) is 13.2. The maximum Gasteiger partial charge on any atom is 0.342 e. The third-order valence-corrected chi connectivity index (χ3v) is 15.8. The van der Waals surface area contributed by atoms with Crippen LogP contribution in [0.1, 0.15) is 118 Å². The van der Waals surface area contributed by atoms with Gasteiger partial charge in [-0.2, -0.15) is 0 Å².